The van der Waals surface area contributed by atoms with Crippen LogP contribution in [0, 0.1) is 0 Å². The maximum Gasteiger partial charge on any atom is 0.254 e. The van der Waals surface area contributed by atoms with E-state index in [0.717, 1.165) is 0 Å². The van der Waals surface area contributed by atoms with Crippen LogP contribution in [-0.2, 0) is 28.7 Å². The Bertz CT molecular complexity index is 473. The zero-order valence-corrected chi connectivity index (χ0v) is 16.8. The standard InChI is InChI=1S/C16H30N4O6/c1-17(2)11(21)9-25-13(15(23)19(5)6)14(16(24)20(7)8)26-10-12(22)18(3)4/h13-14H,9-10H2,1-8H3. The van der Waals surface area contributed by atoms with Gasteiger partial charge in [0.15, 0.2) is 12.2 Å². The summed E-state index contributed by atoms with van der Waals surface area (Å²) in [5.74, 6) is -1.84. The summed E-state index contributed by atoms with van der Waals surface area (Å²) in [6, 6.07) is 0. The Hall–Kier alpha value is -2.20. The van der Waals surface area contributed by atoms with E-state index >= 15 is 0 Å². The fourth-order valence-corrected chi connectivity index (χ4v) is 1.67. The first-order valence-corrected chi connectivity index (χ1v) is 7.96. The zero-order chi connectivity index (χ0) is 20.6. The lowest BCUT2D eigenvalue weighted by Gasteiger charge is -2.29. The Labute approximate surface area is 154 Å². The SMILES string of the molecule is CN(C)C(=O)COC(C(=O)N(C)C)C(OCC(=O)N(C)C)C(=O)N(C)C. The number of likely N-dealkylation sites (N-methyl/N-ethyl adjacent to an activating group) is 4. The van der Waals surface area contributed by atoms with E-state index < -0.39 is 37.2 Å². The molecule has 0 aromatic rings. The van der Waals surface area contributed by atoms with Gasteiger partial charge in [0.1, 0.15) is 13.2 Å². The Balaban J connectivity index is 5.53. The van der Waals surface area contributed by atoms with Gasteiger partial charge in [-0.2, -0.15) is 0 Å². The van der Waals surface area contributed by atoms with Gasteiger partial charge >= 0.3 is 0 Å². The number of rotatable bonds is 9. The summed E-state index contributed by atoms with van der Waals surface area (Å²) in [6.07, 6.45) is -2.72. The van der Waals surface area contributed by atoms with Gasteiger partial charge in [-0.15, -0.1) is 0 Å². The van der Waals surface area contributed by atoms with Crippen LogP contribution in [0.1, 0.15) is 0 Å². The van der Waals surface area contributed by atoms with Crippen LogP contribution in [0.15, 0.2) is 0 Å². The van der Waals surface area contributed by atoms with E-state index in [4.69, 9.17) is 9.47 Å². The summed E-state index contributed by atoms with van der Waals surface area (Å²) in [5, 5.41) is 0. The molecule has 10 nitrogen and oxygen atoms in total. The molecular weight excluding hydrogens is 344 g/mol. The van der Waals surface area contributed by atoms with E-state index in [1.54, 1.807) is 28.2 Å². The van der Waals surface area contributed by atoms with Gasteiger partial charge in [-0.05, 0) is 0 Å². The molecule has 0 saturated heterocycles. The number of hydrogen-bond donors (Lipinski definition) is 0. The van der Waals surface area contributed by atoms with Gasteiger partial charge in [-0.25, -0.2) is 0 Å². The molecule has 0 aliphatic carbocycles. The van der Waals surface area contributed by atoms with Gasteiger partial charge in [0.05, 0.1) is 0 Å². The molecule has 0 N–H and O–H groups in total. The summed E-state index contributed by atoms with van der Waals surface area (Å²) < 4.78 is 10.9. The Kier molecular flexibility index (Phi) is 9.81. The molecule has 0 spiro atoms. The van der Waals surface area contributed by atoms with Gasteiger partial charge < -0.3 is 29.1 Å². The quantitative estimate of drug-likeness (QED) is 0.468. The average molecular weight is 374 g/mol. The van der Waals surface area contributed by atoms with Crippen molar-refractivity contribution in [2.24, 2.45) is 0 Å². The Morgan fingerprint density at radius 1 is 0.577 bits per heavy atom. The normalized spacial score (nSPS) is 12.8. The molecule has 2 atom stereocenters. The third kappa shape index (κ3) is 7.36. The molecule has 0 fully saturated rings. The monoisotopic (exact) mass is 374 g/mol. The van der Waals surface area contributed by atoms with Crippen LogP contribution >= 0.6 is 0 Å². The van der Waals surface area contributed by atoms with Crippen molar-refractivity contribution in [1.82, 2.24) is 19.6 Å². The van der Waals surface area contributed by atoms with Crippen LogP contribution < -0.4 is 0 Å². The van der Waals surface area contributed by atoms with Crippen molar-refractivity contribution in [2.75, 3.05) is 69.6 Å². The highest BCUT2D eigenvalue weighted by atomic mass is 16.6. The molecule has 0 aromatic carbocycles. The van der Waals surface area contributed by atoms with Crippen molar-refractivity contribution in [3.8, 4) is 0 Å². The Morgan fingerprint density at radius 3 is 1.04 bits per heavy atom. The predicted molar refractivity (Wildman–Crippen MR) is 94.3 cm³/mol. The number of nitrogens with zero attached hydrogens (tertiary/aromatic N) is 4. The second-order valence-corrected chi connectivity index (χ2v) is 6.50. The van der Waals surface area contributed by atoms with Gasteiger partial charge in [-0.3, -0.25) is 19.2 Å². The van der Waals surface area contributed by atoms with E-state index in [-0.39, 0.29) is 11.8 Å². The topological polar surface area (TPSA) is 99.7 Å². The van der Waals surface area contributed by atoms with E-state index in [2.05, 4.69) is 0 Å². The molecule has 26 heavy (non-hydrogen) atoms. The molecule has 0 heterocycles. The summed E-state index contributed by atoms with van der Waals surface area (Å²) in [4.78, 5) is 53.7. The van der Waals surface area contributed by atoms with E-state index in [1.165, 1.54) is 47.8 Å². The van der Waals surface area contributed by atoms with Crippen LogP contribution in [0.5, 0.6) is 0 Å². The molecule has 0 aromatic heterocycles. The molecule has 0 aliphatic rings. The number of carbonyl (C=O) groups is 4. The highest BCUT2D eigenvalue weighted by Crippen LogP contribution is 2.11. The second kappa shape index (κ2) is 10.7. The van der Waals surface area contributed by atoms with Gasteiger partial charge in [0.2, 0.25) is 11.8 Å². The van der Waals surface area contributed by atoms with Crippen molar-refractivity contribution in [3.63, 3.8) is 0 Å². The lowest BCUT2D eigenvalue weighted by atomic mass is 10.1. The largest absolute Gasteiger partial charge is 0.355 e. The maximum atomic E-state index is 12.5. The second-order valence-electron chi connectivity index (χ2n) is 6.50. The fourth-order valence-electron chi connectivity index (χ4n) is 1.67. The average Bonchev–Trinajstić information content (AvgIpc) is 2.55. The van der Waals surface area contributed by atoms with Crippen molar-refractivity contribution < 1.29 is 28.7 Å². The van der Waals surface area contributed by atoms with Crippen molar-refractivity contribution in [2.45, 2.75) is 12.2 Å². The molecule has 0 saturated carbocycles. The van der Waals surface area contributed by atoms with Crippen LogP contribution in [0.4, 0.5) is 0 Å². The predicted octanol–water partition coefficient (Wildman–Crippen LogP) is -1.89. The Morgan fingerprint density at radius 2 is 0.846 bits per heavy atom. The molecular formula is C16H30N4O6. The highest BCUT2D eigenvalue weighted by Gasteiger charge is 2.38. The first-order chi connectivity index (χ1) is 11.9. The van der Waals surface area contributed by atoms with Crippen molar-refractivity contribution in [3.05, 3.63) is 0 Å². The van der Waals surface area contributed by atoms with Crippen LogP contribution in [0.3, 0.4) is 0 Å². The maximum absolute atomic E-state index is 12.5. The molecule has 4 amide bonds. The molecule has 0 aliphatic heterocycles. The molecule has 0 bridgehead atoms. The lowest BCUT2D eigenvalue weighted by Crippen LogP contribution is -2.53. The van der Waals surface area contributed by atoms with E-state index in [0.29, 0.717) is 0 Å². The number of amides is 4. The van der Waals surface area contributed by atoms with Crippen LogP contribution in [-0.4, -0.2) is 125 Å². The first kappa shape index (κ1) is 23.8. The smallest absolute Gasteiger partial charge is 0.254 e. The molecule has 0 radical (unpaired) electrons. The summed E-state index contributed by atoms with van der Waals surface area (Å²) in [7, 11) is 12.2. The number of hydrogen-bond acceptors (Lipinski definition) is 6. The zero-order valence-electron chi connectivity index (χ0n) is 16.8. The highest BCUT2D eigenvalue weighted by molar-refractivity contribution is 5.91. The van der Waals surface area contributed by atoms with E-state index in [1.807, 2.05) is 0 Å². The number of ether oxygens (including phenoxy) is 2. The molecule has 10 heteroatoms. The fraction of sp³-hybridized carbons (Fsp3) is 0.750. The molecule has 0 rings (SSSR count). The minimum atomic E-state index is -1.36. The van der Waals surface area contributed by atoms with Gasteiger partial charge in [0.25, 0.3) is 11.8 Å². The molecule has 2 unspecified atom stereocenters. The minimum Gasteiger partial charge on any atom is -0.355 e. The van der Waals surface area contributed by atoms with Crippen molar-refractivity contribution >= 4 is 23.6 Å². The summed E-state index contributed by atoms with van der Waals surface area (Å²) in [5.41, 5.74) is 0. The summed E-state index contributed by atoms with van der Waals surface area (Å²) in [6.45, 7) is -0.807. The summed E-state index contributed by atoms with van der Waals surface area (Å²) >= 11 is 0. The minimum absolute atomic E-state index is 0.373. The lowest BCUT2D eigenvalue weighted by molar-refractivity contribution is -0.171. The third-order valence-corrected chi connectivity index (χ3v) is 3.41. The third-order valence-electron chi connectivity index (χ3n) is 3.41. The van der Waals surface area contributed by atoms with Gasteiger partial charge in [-0.1, -0.05) is 0 Å². The van der Waals surface area contributed by atoms with Crippen molar-refractivity contribution in [1.29, 1.82) is 0 Å². The number of carbonyl (C=O) groups excluding carboxylic acids is 4. The van der Waals surface area contributed by atoms with Crippen LogP contribution in [0.2, 0.25) is 0 Å². The van der Waals surface area contributed by atoms with Crippen LogP contribution in [0.25, 0.3) is 0 Å². The molecule has 150 valence electrons. The van der Waals surface area contributed by atoms with Gasteiger partial charge in [0, 0.05) is 56.4 Å². The first-order valence-electron chi connectivity index (χ1n) is 7.96. The van der Waals surface area contributed by atoms with E-state index in [9.17, 15) is 19.2 Å².